The monoisotopic (exact) mass is 518 g/mol. The van der Waals surface area contributed by atoms with Crippen LogP contribution in [-0.2, 0) is 9.53 Å². The third-order valence-electron chi connectivity index (χ3n) is 5.80. The van der Waals surface area contributed by atoms with Crippen molar-refractivity contribution in [3.8, 4) is 0 Å². The van der Waals surface area contributed by atoms with Crippen molar-refractivity contribution < 1.29 is 34.9 Å². The molecule has 0 saturated carbocycles. The van der Waals surface area contributed by atoms with Gasteiger partial charge in [0.15, 0.2) is 17.4 Å². The SMILES string of the molecule is CCN(CC)CCC[C@@H](CO)CCS.CCOC(=O)[C@@H](CCS)CCCN(CC)CC.[AlH3].[H-].[Li+]. The molecule has 0 unspecified atom stereocenters. The van der Waals surface area contributed by atoms with Gasteiger partial charge in [-0.3, -0.25) is 4.79 Å². The first kappa shape index (κ1) is 41.3. The van der Waals surface area contributed by atoms with E-state index in [4.69, 9.17) is 9.84 Å². The van der Waals surface area contributed by atoms with Crippen molar-refractivity contribution in [2.24, 2.45) is 11.8 Å². The molecule has 1 N–H and O–H groups in total. The van der Waals surface area contributed by atoms with Crippen molar-refractivity contribution in [1.29, 1.82) is 0 Å². The molecule has 0 aliphatic carbocycles. The van der Waals surface area contributed by atoms with Crippen molar-refractivity contribution >= 4 is 48.6 Å². The average molecular weight is 519 g/mol. The normalized spacial score (nSPS) is 12.3. The standard InChI is InChI=1S/C13H27NO2S.C11H25NOS.Al.Li.4H/c1-4-14(5-2)10-7-8-12(9-11-17)13(15)16-6-3;1-3-12(4-2)8-5-6-11(10-13)7-9-14;;;;;;/h12,17H,4-11H2,1-3H3;11,13-14H,3-10H2,1-2H3;;;;;;/q;;;+1;;;;-1/t12-;11-;;;;;;/m11....../s1. The van der Waals surface area contributed by atoms with Gasteiger partial charge in [-0.05, 0) is 102 Å². The third kappa shape index (κ3) is 24.6. The van der Waals surface area contributed by atoms with Gasteiger partial charge in [-0.25, -0.2) is 0 Å². The Kier molecular flexibility index (Phi) is 39.1. The predicted octanol–water partition coefficient (Wildman–Crippen LogP) is 0.577. The number of rotatable bonds is 19. The summed E-state index contributed by atoms with van der Waals surface area (Å²) < 4.78 is 5.08. The summed E-state index contributed by atoms with van der Waals surface area (Å²) >= 11 is 8.40. The summed E-state index contributed by atoms with van der Waals surface area (Å²) in [6.45, 7) is 18.0. The van der Waals surface area contributed by atoms with E-state index in [2.05, 4.69) is 62.8 Å². The molecular weight excluding hydrogens is 462 g/mol. The number of hydrogen-bond donors (Lipinski definition) is 3. The number of hydrogen-bond acceptors (Lipinski definition) is 7. The molecule has 0 fully saturated rings. The first-order valence-corrected chi connectivity index (χ1v) is 13.7. The van der Waals surface area contributed by atoms with Crippen LogP contribution in [0, 0.1) is 11.8 Å². The molecule has 0 bridgehead atoms. The van der Waals surface area contributed by atoms with Crippen molar-refractivity contribution in [2.45, 2.75) is 73.1 Å². The first-order chi connectivity index (χ1) is 15.0. The minimum absolute atomic E-state index is 0. The maximum atomic E-state index is 11.7. The molecule has 2 atom stereocenters. The zero-order chi connectivity index (χ0) is 23.9. The summed E-state index contributed by atoms with van der Waals surface area (Å²) in [7, 11) is 0. The van der Waals surface area contributed by atoms with E-state index in [0.717, 1.165) is 82.9 Å². The smallest absolute Gasteiger partial charge is 1.00 e. The van der Waals surface area contributed by atoms with Crippen LogP contribution in [0.2, 0.25) is 0 Å². The maximum absolute atomic E-state index is 11.7. The average Bonchev–Trinajstić information content (AvgIpc) is 2.78. The van der Waals surface area contributed by atoms with Gasteiger partial charge in [-0.15, -0.1) is 0 Å². The largest absolute Gasteiger partial charge is 1.00 e. The summed E-state index contributed by atoms with van der Waals surface area (Å²) in [6, 6.07) is 0. The molecule has 0 aromatic carbocycles. The summed E-state index contributed by atoms with van der Waals surface area (Å²) in [5, 5.41) is 9.09. The predicted molar refractivity (Wildman–Crippen MR) is 153 cm³/mol. The van der Waals surface area contributed by atoms with Gasteiger partial charge in [0.1, 0.15) is 0 Å². The molecule has 33 heavy (non-hydrogen) atoms. The molecule has 0 heterocycles. The molecule has 0 radical (unpaired) electrons. The quantitative estimate of drug-likeness (QED) is 0.133. The summed E-state index contributed by atoms with van der Waals surface area (Å²) in [4.78, 5) is 16.5. The number of ether oxygens (including phenoxy) is 1. The molecule has 0 spiro atoms. The molecule has 0 amide bonds. The van der Waals surface area contributed by atoms with Gasteiger partial charge >= 0.3 is 24.8 Å². The summed E-state index contributed by atoms with van der Waals surface area (Å²) in [6.07, 6.45) is 6.15. The number of aliphatic hydroxyl groups is 1. The molecule has 0 aromatic rings. The van der Waals surface area contributed by atoms with Crippen LogP contribution in [0.3, 0.4) is 0 Å². The fourth-order valence-electron chi connectivity index (χ4n) is 3.55. The molecule has 9 heteroatoms. The number of thiol groups is 2. The van der Waals surface area contributed by atoms with E-state index in [0.29, 0.717) is 19.1 Å². The Morgan fingerprint density at radius 3 is 1.67 bits per heavy atom. The van der Waals surface area contributed by atoms with E-state index in [1.807, 2.05) is 6.92 Å². The third-order valence-corrected chi connectivity index (χ3v) is 6.31. The minimum atomic E-state index is -0.0545. The van der Waals surface area contributed by atoms with Crippen LogP contribution < -0.4 is 18.9 Å². The first-order valence-electron chi connectivity index (χ1n) is 12.4. The van der Waals surface area contributed by atoms with Crippen LogP contribution in [0.25, 0.3) is 0 Å². The van der Waals surface area contributed by atoms with Crippen LogP contribution >= 0.6 is 25.3 Å². The fourth-order valence-corrected chi connectivity index (χ4v) is 4.23. The van der Waals surface area contributed by atoms with Gasteiger partial charge in [-0.2, -0.15) is 25.3 Å². The van der Waals surface area contributed by atoms with Crippen molar-refractivity contribution in [3.05, 3.63) is 0 Å². The maximum Gasteiger partial charge on any atom is 1.00 e. The van der Waals surface area contributed by atoms with Gasteiger partial charge in [0.05, 0.1) is 12.5 Å². The Labute approximate surface area is 241 Å². The van der Waals surface area contributed by atoms with Gasteiger partial charge in [0, 0.05) is 6.61 Å². The van der Waals surface area contributed by atoms with Crippen molar-refractivity contribution in [1.82, 2.24) is 9.80 Å². The summed E-state index contributed by atoms with van der Waals surface area (Å²) in [5.41, 5.74) is 0. The van der Waals surface area contributed by atoms with E-state index in [1.165, 1.54) is 6.42 Å². The van der Waals surface area contributed by atoms with E-state index >= 15 is 0 Å². The molecule has 0 aromatic heterocycles. The molecular formula is C24H56AlLiN2O3S2. The molecule has 196 valence electrons. The van der Waals surface area contributed by atoms with E-state index in [1.54, 1.807) is 0 Å². The zero-order valence-corrected chi connectivity index (χ0v) is 23.8. The molecule has 0 rings (SSSR count). The van der Waals surface area contributed by atoms with Crippen LogP contribution in [0.5, 0.6) is 0 Å². The second kappa shape index (κ2) is 31.2. The number of carbonyl (C=O) groups excluding carboxylic acids is 1. The Morgan fingerprint density at radius 1 is 0.848 bits per heavy atom. The van der Waals surface area contributed by atoms with E-state index in [9.17, 15) is 4.79 Å². The zero-order valence-electron chi connectivity index (χ0n) is 23.0. The second-order valence-corrected chi connectivity index (χ2v) is 8.75. The molecule has 5 nitrogen and oxygen atoms in total. The molecule has 0 aliphatic rings. The number of aliphatic hydroxyl groups excluding tert-OH is 1. The van der Waals surface area contributed by atoms with Gasteiger partial charge in [0.25, 0.3) is 0 Å². The van der Waals surface area contributed by atoms with Crippen LogP contribution in [0.4, 0.5) is 0 Å². The Morgan fingerprint density at radius 2 is 1.30 bits per heavy atom. The van der Waals surface area contributed by atoms with Crippen LogP contribution in [-0.4, -0.2) is 102 Å². The van der Waals surface area contributed by atoms with Crippen molar-refractivity contribution in [2.75, 3.05) is 64.0 Å². The Bertz CT molecular complexity index is 401. The van der Waals surface area contributed by atoms with Gasteiger partial charge in [0.2, 0.25) is 0 Å². The van der Waals surface area contributed by atoms with Gasteiger partial charge in [-0.1, -0.05) is 27.7 Å². The van der Waals surface area contributed by atoms with E-state index < -0.39 is 0 Å². The van der Waals surface area contributed by atoms with Crippen LogP contribution in [0.15, 0.2) is 0 Å². The minimum Gasteiger partial charge on any atom is -1.00 e. The van der Waals surface area contributed by atoms with Crippen LogP contribution in [0.1, 0.15) is 74.6 Å². The molecule has 0 aliphatic heterocycles. The molecule has 0 saturated heterocycles. The number of carbonyl (C=O) groups is 1. The second-order valence-electron chi connectivity index (χ2n) is 7.86. The number of nitrogens with zero attached hydrogens (tertiary/aromatic N) is 2. The fraction of sp³-hybridized carbons (Fsp3) is 0.958. The number of esters is 1. The Balaban J connectivity index is -0.000000154. The Hall–Kier alpha value is 1.18. The topological polar surface area (TPSA) is 53.0 Å². The summed E-state index contributed by atoms with van der Waals surface area (Å²) in [5.74, 6) is 2.07. The van der Waals surface area contributed by atoms with E-state index in [-0.39, 0.29) is 49.5 Å². The van der Waals surface area contributed by atoms with Crippen molar-refractivity contribution in [3.63, 3.8) is 0 Å². The van der Waals surface area contributed by atoms with Gasteiger partial charge < -0.3 is 21.1 Å².